The largest absolute Gasteiger partial charge is 0.472 e. The fourth-order valence-corrected chi connectivity index (χ4v) is 1.94. The molecule has 3 aromatic rings. The first-order valence-corrected chi connectivity index (χ1v) is 7.23. The zero-order valence-electron chi connectivity index (χ0n) is 12.8. The zero-order valence-corrected chi connectivity index (χ0v) is 12.8. The fraction of sp³-hybridized carbons (Fsp3) is 0.250. The van der Waals surface area contributed by atoms with E-state index in [1.54, 1.807) is 24.7 Å². The van der Waals surface area contributed by atoms with Gasteiger partial charge >= 0.3 is 0 Å². The number of amides is 1. The van der Waals surface area contributed by atoms with Gasteiger partial charge in [0.05, 0.1) is 30.3 Å². The quantitative estimate of drug-likeness (QED) is 0.778. The minimum atomic E-state index is -0.243. The van der Waals surface area contributed by atoms with Gasteiger partial charge in [0.15, 0.2) is 5.82 Å². The normalized spacial score (nSPS) is 10.9. The highest BCUT2D eigenvalue weighted by Gasteiger charge is 2.12. The summed E-state index contributed by atoms with van der Waals surface area (Å²) in [5, 5.41) is 6.56. The lowest BCUT2D eigenvalue weighted by atomic mass is 10.2. The van der Waals surface area contributed by atoms with Gasteiger partial charge in [-0.05, 0) is 18.2 Å². The number of aromatic nitrogens is 3. The first kappa shape index (κ1) is 15.0. The molecule has 0 aliphatic rings. The lowest BCUT2D eigenvalue weighted by Crippen LogP contribution is -2.23. The maximum Gasteiger partial charge on any atom is 0.253 e. The van der Waals surface area contributed by atoms with Gasteiger partial charge in [0.2, 0.25) is 5.89 Å². The van der Waals surface area contributed by atoms with Crippen molar-refractivity contribution in [2.45, 2.75) is 26.3 Å². The average molecular weight is 312 g/mol. The van der Waals surface area contributed by atoms with Crippen LogP contribution in [-0.4, -0.2) is 21.0 Å². The average Bonchev–Trinajstić information content (AvgIpc) is 3.24. The van der Waals surface area contributed by atoms with Crippen molar-refractivity contribution in [3.05, 3.63) is 54.2 Å². The Balaban J connectivity index is 1.61. The molecule has 23 heavy (non-hydrogen) atoms. The Bertz CT molecular complexity index is 776. The summed E-state index contributed by atoms with van der Waals surface area (Å²) in [7, 11) is 0. The van der Waals surface area contributed by atoms with E-state index in [4.69, 9.17) is 8.94 Å². The first-order valence-electron chi connectivity index (χ1n) is 7.23. The maximum absolute atomic E-state index is 12.1. The molecule has 0 aliphatic carbocycles. The van der Waals surface area contributed by atoms with Crippen molar-refractivity contribution < 1.29 is 13.7 Å². The minimum Gasteiger partial charge on any atom is -0.472 e. The molecule has 118 valence electrons. The molecule has 0 fully saturated rings. The molecule has 0 spiro atoms. The summed E-state index contributed by atoms with van der Waals surface area (Å²) in [5.74, 6) is 0.921. The smallest absolute Gasteiger partial charge is 0.253 e. The van der Waals surface area contributed by atoms with E-state index >= 15 is 0 Å². The number of carbonyl (C=O) groups excluding carboxylic acids is 1. The molecule has 1 amide bonds. The number of nitrogens with one attached hydrogen (secondary N) is 1. The van der Waals surface area contributed by atoms with Crippen LogP contribution in [0.1, 0.15) is 41.8 Å². The van der Waals surface area contributed by atoms with E-state index in [0.29, 0.717) is 17.3 Å². The van der Waals surface area contributed by atoms with E-state index in [-0.39, 0.29) is 18.4 Å². The molecule has 0 atom stereocenters. The first-order chi connectivity index (χ1) is 11.1. The molecule has 0 radical (unpaired) electrons. The Morgan fingerprint density at radius 2 is 2.17 bits per heavy atom. The second-order valence-corrected chi connectivity index (χ2v) is 5.33. The molecule has 3 rings (SSSR count). The van der Waals surface area contributed by atoms with Crippen LogP contribution in [0.25, 0.3) is 11.3 Å². The van der Waals surface area contributed by atoms with Gasteiger partial charge in [-0.15, -0.1) is 0 Å². The predicted molar refractivity (Wildman–Crippen MR) is 81.5 cm³/mol. The van der Waals surface area contributed by atoms with E-state index in [0.717, 1.165) is 11.3 Å². The summed E-state index contributed by atoms with van der Waals surface area (Å²) in [5.41, 5.74) is 2.07. The van der Waals surface area contributed by atoms with E-state index < -0.39 is 0 Å². The summed E-state index contributed by atoms with van der Waals surface area (Å²) in [6.07, 6.45) is 4.70. The molecule has 3 heterocycles. The van der Waals surface area contributed by atoms with Crippen molar-refractivity contribution in [2.75, 3.05) is 0 Å². The third-order valence-electron chi connectivity index (χ3n) is 3.23. The van der Waals surface area contributed by atoms with E-state index in [1.807, 2.05) is 19.9 Å². The molecule has 7 nitrogen and oxygen atoms in total. The predicted octanol–water partition coefficient (Wildman–Crippen LogP) is 2.78. The van der Waals surface area contributed by atoms with Gasteiger partial charge < -0.3 is 14.3 Å². The topological polar surface area (TPSA) is 94.1 Å². The molecule has 0 saturated carbocycles. The van der Waals surface area contributed by atoms with Crippen LogP contribution in [0.3, 0.4) is 0 Å². The van der Waals surface area contributed by atoms with E-state index in [1.165, 1.54) is 6.20 Å². The molecule has 1 N–H and O–H groups in total. The van der Waals surface area contributed by atoms with Crippen molar-refractivity contribution in [3.8, 4) is 11.3 Å². The van der Waals surface area contributed by atoms with Gasteiger partial charge in [-0.3, -0.25) is 9.78 Å². The molecule has 3 aromatic heterocycles. The lowest BCUT2D eigenvalue weighted by molar-refractivity contribution is 0.0949. The van der Waals surface area contributed by atoms with Crippen LogP contribution in [0, 0.1) is 0 Å². The van der Waals surface area contributed by atoms with Crippen LogP contribution in [0.15, 0.2) is 45.9 Å². The Hall–Kier alpha value is -2.96. The van der Waals surface area contributed by atoms with Crippen molar-refractivity contribution >= 4 is 5.91 Å². The zero-order chi connectivity index (χ0) is 16.2. The molecule has 0 aliphatic heterocycles. The number of furan rings is 1. The summed E-state index contributed by atoms with van der Waals surface area (Å²) >= 11 is 0. The summed E-state index contributed by atoms with van der Waals surface area (Å²) in [6, 6.07) is 5.29. The monoisotopic (exact) mass is 312 g/mol. The standard InChI is InChI=1S/C16H16N4O3/c1-10(2)16-19-14(20-23-16)8-18-15(21)11-3-4-13(17-7-11)12-5-6-22-9-12/h3-7,9-10H,8H2,1-2H3,(H,18,21). The molecule has 0 bridgehead atoms. The fourth-order valence-electron chi connectivity index (χ4n) is 1.94. The van der Waals surface area contributed by atoms with Gasteiger partial charge in [0.25, 0.3) is 5.91 Å². The molecule has 0 saturated heterocycles. The SMILES string of the molecule is CC(C)c1nc(CNC(=O)c2ccc(-c3ccoc3)nc2)no1. The summed E-state index contributed by atoms with van der Waals surface area (Å²) in [4.78, 5) is 20.6. The Morgan fingerprint density at radius 1 is 1.30 bits per heavy atom. The van der Waals surface area contributed by atoms with E-state index in [2.05, 4.69) is 20.4 Å². The van der Waals surface area contributed by atoms with Crippen molar-refractivity contribution in [1.29, 1.82) is 0 Å². The lowest BCUT2D eigenvalue weighted by Gasteiger charge is -2.03. The molecular formula is C16H16N4O3. The highest BCUT2D eigenvalue weighted by Crippen LogP contribution is 2.17. The van der Waals surface area contributed by atoms with Crippen molar-refractivity contribution in [3.63, 3.8) is 0 Å². The Morgan fingerprint density at radius 3 is 2.78 bits per heavy atom. The number of pyridine rings is 1. The van der Waals surface area contributed by atoms with Crippen LogP contribution in [-0.2, 0) is 6.54 Å². The van der Waals surface area contributed by atoms with Crippen molar-refractivity contribution in [2.24, 2.45) is 0 Å². The van der Waals surface area contributed by atoms with E-state index in [9.17, 15) is 4.79 Å². The number of hydrogen-bond donors (Lipinski definition) is 1. The molecular weight excluding hydrogens is 296 g/mol. The van der Waals surface area contributed by atoms with Crippen LogP contribution in [0.5, 0.6) is 0 Å². The highest BCUT2D eigenvalue weighted by atomic mass is 16.5. The van der Waals surface area contributed by atoms with Crippen LogP contribution in [0.4, 0.5) is 0 Å². The van der Waals surface area contributed by atoms with Crippen LogP contribution < -0.4 is 5.32 Å². The van der Waals surface area contributed by atoms with Crippen molar-refractivity contribution in [1.82, 2.24) is 20.4 Å². The number of carbonyl (C=O) groups is 1. The van der Waals surface area contributed by atoms with Gasteiger partial charge in [-0.25, -0.2) is 0 Å². The molecule has 0 unspecified atom stereocenters. The van der Waals surface area contributed by atoms with Gasteiger partial charge in [0.1, 0.15) is 0 Å². The van der Waals surface area contributed by atoms with Crippen LogP contribution in [0.2, 0.25) is 0 Å². The second kappa shape index (κ2) is 6.43. The number of nitrogens with zero attached hydrogens (tertiary/aromatic N) is 3. The molecule has 7 heteroatoms. The minimum absolute atomic E-state index is 0.159. The third kappa shape index (κ3) is 3.45. The number of rotatable bonds is 5. The van der Waals surface area contributed by atoms with Gasteiger partial charge in [0, 0.05) is 17.7 Å². The maximum atomic E-state index is 12.1. The Labute approximate surface area is 132 Å². The second-order valence-electron chi connectivity index (χ2n) is 5.33. The van der Waals surface area contributed by atoms with Crippen LogP contribution >= 0.6 is 0 Å². The van der Waals surface area contributed by atoms with Gasteiger partial charge in [-0.1, -0.05) is 19.0 Å². The Kier molecular flexibility index (Phi) is 4.18. The number of hydrogen-bond acceptors (Lipinski definition) is 6. The molecule has 0 aromatic carbocycles. The van der Waals surface area contributed by atoms with Gasteiger partial charge in [-0.2, -0.15) is 4.98 Å². The summed E-state index contributed by atoms with van der Waals surface area (Å²) in [6.45, 7) is 4.13. The summed E-state index contributed by atoms with van der Waals surface area (Å²) < 4.78 is 10.1. The highest BCUT2D eigenvalue weighted by molar-refractivity contribution is 5.94. The third-order valence-corrected chi connectivity index (χ3v) is 3.23.